The summed E-state index contributed by atoms with van der Waals surface area (Å²) in [6.45, 7) is 19.9. The van der Waals surface area contributed by atoms with Gasteiger partial charge in [-0.3, -0.25) is 9.80 Å². The van der Waals surface area contributed by atoms with Gasteiger partial charge in [-0.1, -0.05) is 120 Å². The van der Waals surface area contributed by atoms with Crippen LogP contribution in [0.15, 0.2) is 78.9 Å². The van der Waals surface area contributed by atoms with Gasteiger partial charge in [-0.2, -0.15) is 0 Å². The second kappa shape index (κ2) is 15.9. The zero-order valence-corrected chi connectivity index (χ0v) is 30.2. The van der Waals surface area contributed by atoms with E-state index >= 15 is 0 Å². The third-order valence-electron chi connectivity index (χ3n) is 8.67. The Bertz CT molecular complexity index is 1390. The molecule has 1 aromatic heterocycles. The number of aryl methyl sites for hydroxylation is 1. The Morgan fingerprint density at radius 2 is 1.18 bits per heavy atom. The summed E-state index contributed by atoms with van der Waals surface area (Å²) in [7, 11) is 0. The number of aliphatic hydroxyl groups excluding tert-OH is 1. The molecule has 0 radical (unpaired) electrons. The Morgan fingerprint density at radius 1 is 0.711 bits per heavy atom. The van der Waals surface area contributed by atoms with Crippen molar-refractivity contribution in [3.8, 4) is 11.4 Å². The number of piperazine rings is 1. The first-order valence-corrected chi connectivity index (χ1v) is 15.4. The first-order chi connectivity index (χ1) is 19.9. The number of aromatic amines is 1. The summed E-state index contributed by atoms with van der Waals surface area (Å²) in [6.07, 6.45) is -0.629. The lowest BCUT2D eigenvalue weighted by Crippen LogP contribution is -2.48. The zero-order chi connectivity index (χ0) is 30.1. The SMILES string of the molecule is Cc1[nH]c(-c2ccccc2)nc1C(O)CN1CCN(C(c2ccc(C(C)(C)C)cc2)c2ccc(C(C)(C)C)cc2)CC1.Cl.Cl.Cl. The molecule has 5 rings (SSSR count). The average Bonchev–Trinajstić information content (AvgIpc) is 3.36. The van der Waals surface area contributed by atoms with Crippen LogP contribution in [0.25, 0.3) is 11.4 Å². The molecule has 3 aromatic carbocycles. The van der Waals surface area contributed by atoms with Gasteiger partial charge in [0.15, 0.2) is 0 Å². The van der Waals surface area contributed by atoms with Crippen molar-refractivity contribution < 1.29 is 5.11 Å². The summed E-state index contributed by atoms with van der Waals surface area (Å²) >= 11 is 0. The van der Waals surface area contributed by atoms with Crippen LogP contribution in [-0.2, 0) is 10.8 Å². The van der Waals surface area contributed by atoms with Gasteiger partial charge in [-0.15, -0.1) is 37.2 Å². The standard InChI is InChI=1S/C37H48N4O.3ClH/c1-26-33(39-35(38-26)29-11-9-8-10-12-29)32(42)25-40-21-23-41(24-22-40)34(27-13-17-30(18-14-27)36(2,3)4)28-15-19-31(20-16-28)37(5,6)7;;;/h8-20,32,34,42H,21-25H2,1-7H3,(H,38,39);3*1H. The topological polar surface area (TPSA) is 55.4 Å². The van der Waals surface area contributed by atoms with Crippen LogP contribution < -0.4 is 0 Å². The van der Waals surface area contributed by atoms with E-state index in [1.54, 1.807) is 0 Å². The van der Waals surface area contributed by atoms with Gasteiger partial charge in [0.2, 0.25) is 0 Å². The molecule has 0 spiro atoms. The van der Waals surface area contributed by atoms with E-state index in [9.17, 15) is 5.11 Å². The van der Waals surface area contributed by atoms with Crippen molar-refractivity contribution >= 4 is 37.2 Å². The highest BCUT2D eigenvalue weighted by molar-refractivity contribution is 5.86. The lowest BCUT2D eigenvalue weighted by molar-refractivity contribution is 0.0606. The summed E-state index contributed by atoms with van der Waals surface area (Å²) < 4.78 is 0. The number of hydrogen-bond acceptors (Lipinski definition) is 4. The van der Waals surface area contributed by atoms with E-state index in [0.29, 0.717) is 6.54 Å². The second-order valence-corrected chi connectivity index (χ2v) is 14.0. The molecule has 0 amide bonds. The molecule has 2 N–H and O–H groups in total. The molecule has 2 heterocycles. The van der Waals surface area contributed by atoms with Crippen molar-refractivity contribution in [1.29, 1.82) is 0 Å². The van der Waals surface area contributed by atoms with Gasteiger partial charge in [0.1, 0.15) is 11.9 Å². The van der Waals surface area contributed by atoms with Gasteiger partial charge in [0.05, 0.1) is 11.7 Å². The highest BCUT2D eigenvalue weighted by Crippen LogP contribution is 2.34. The maximum atomic E-state index is 11.2. The van der Waals surface area contributed by atoms with Crippen LogP contribution in [0.5, 0.6) is 0 Å². The van der Waals surface area contributed by atoms with Crippen molar-refractivity contribution in [3.05, 3.63) is 113 Å². The summed E-state index contributed by atoms with van der Waals surface area (Å²) in [5.41, 5.74) is 8.34. The molecule has 1 aliphatic rings. The molecule has 246 valence electrons. The number of H-pyrrole nitrogens is 1. The minimum absolute atomic E-state index is 0. The van der Waals surface area contributed by atoms with Crippen LogP contribution in [0, 0.1) is 6.92 Å². The van der Waals surface area contributed by atoms with Gasteiger partial charge < -0.3 is 10.1 Å². The molecule has 45 heavy (non-hydrogen) atoms. The average molecular weight is 674 g/mol. The number of halogens is 3. The highest BCUT2D eigenvalue weighted by atomic mass is 35.5. The molecule has 0 bridgehead atoms. The van der Waals surface area contributed by atoms with E-state index in [1.165, 1.54) is 22.3 Å². The number of rotatable bonds is 7. The van der Waals surface area contributed by atoms with Crippen molar-refractivity contribution in [2.75, 3.05) is 32.7 Å². The van der Waals surface area contributed by atoms with Crippen LogP contribution in [0.1, 0.15) is 87.3 Å². The smallest absolute Gasteiger partial charge is 0.137 e. The van der Waals surface area contributed by atoms with Gasteiger partial charge in [0, 0.05) is 44.0 Å². The summed E-state index contributed by atoms with van der Waals surface area (Å²) in [5, 5.41) is 11.2. The number of β-amino-alcohol motifs (C(OH)–C–C–N with tert-alkyl or cyclic N) is 1. The zero-order valence-electron chi connectivity index (χ0n) is 27.7. The number of aliphatic hydroxyl groups is 1. The molecular weight excluding hydrogens is 623 g/mol. The molecule has 8 heteroatoms. The Morgan fingerprint density at radius 3 is 1.62 bits per heavy atom. The number of imidazole rings is 1. The number of aromatic nitrogens is 2. The summed E-state index contributed by atoms with van der Waals surface area (Å²) in [5.74, 6) is 0.810. The van der Waals surface area contributed by atoms with Gasteiger partial charge in [0.25, 0.3) is 0 Å². The van der Waals surface area contributed by atoms with Crippen LogP contribution >= 0.6 is 37.2 Å². The maximum Gasteiger partial charge on any atom is 0.137 e. The lowest BCUT2D eigenvalue weighted by Gasteiger charge is -2.40. The molecule has 5 nitrogen and oxygen atoms in total. The largest absolute Gasteiger partial charge is 0.385 e. The predicted molar refractivity (Wildman–Crippen MR) is 196 cm³/mol. The van der Waals surface area contributed by atoms with E-state index < -0.39 is 6.10 Å². The first-order valence-electron chi connectivity index (χ1n) is 15.4. The first kappa shape index (κ1) is 38.8. The predicted octanol–water partition coefficient (Wildman–Crippen LogP) is 8.69. The van der Waals surface area contributed by atoms with E-state index in [4.69, 9.17) is 4.98 Å². The fraction of sp³-hybridized carbons (Fsp3) is 0.432. The van der Waals surface area contributed by atoms with E-state index in [0.717, 1.165) is 49.0 Å². The van der Waals surface area contributed by atoms with Gasteiger partial charge >= 0.3 is 0 Å². The molecule has 1 fully saturated rings. The Labute approximate surface area is 289 Å². The molecule has 1 saturated heterocycles. The Kier molecular flexibility index (Phi) is 13.8. The third kappa shape index (κ3) is 9.34. The molecule has 1 unspecified atom stereocenters. The van der Waals surface area contributed by atoms with E-state index in [2.05, 4.69) is 105 Å². The maximum absolute atomic E-state index is 11.2. The summed E-state index contributed by atoms with van der Waals surface area (Å²) in [6, 6.07) is 28.8. The number of hydrogen-bond donors (Lipinski definition) is 2. The number of nitrogens with one attached hydrogen (secondary N) is 1. The molecular formula is C37H51Cl3N4O. The van der Waals surface area contributed by atoms with E-state index in [1.807, 2.05) is 37.3 Å². The molecule has 0 saturated carbocycles. The quantitative estimate of drug-likeness (QED) is 0.206. The fourth-order valence-corrected chi connectivity index (χ4v) is 6.01. The minimum atomic E-state index is -0.629. The number of nitrogens with zero attached hydrogens (tertiary/aromatic N) is 3. The van der Waals surface area contributed by atoms with Crippen LogP contribution in [0.4, 0.5) is 0 Å². The fourth-order valence-electron chi connectivity index (χ4n) is 6.01. The van der Waals surface area contributed by atoms with Crippen molar-refractivity contribution in [2.45, 2.75) is 71.4 Å². The van der Waals surface area contributed by atoms with Crippen LogP contribution in [-0.4, -0.2) is 57.6 Å². The minimum Gasteiger partial charge on any atom is -0.385 e. The third-order valence-corrected chi connectivity index (χ3v) is 8.67. The van der Waals surface area contributed by atoms with Crippen LogP contribution in [0.2, 0.25) is 0 Å². The van der Waals surface area contributed by atoms with Gasteiger partial charge in [-0.25, -0.2) is 4.98 Å². The van der Waals surface area contributed by atoms with Crippen molar-refractivity contribution in [3.63, 3.8) is 0 Å². The molecule has 1 atom stereocenters. The second-order valence-electron chi connectivity index (χ2n) is 14.0. The molecule has 1 aliphatic heterocycles. The highest BCUT2D eigenvalue weighted by Gasteiger charge is 2.29. The summed E-state index contributed by atoms with van der Waals surface area (Å²) in [4.78, 5) is 13.1. The van der Waals surface area contributed by atoms with Crippen molar-refractivity contribution in [1.82, 2.24) is 19.8 Å². The normalized spacial score (nSPS) is 15.1. The Hall–Kier alpha value is -2.38. The van der Waals surface area contributed by atoms with E-state index in [-0.39, 0.29) is 54.1 Å². The molecule has 4 aromatic rings. The van der Waals surface area contributed by atoms with Crippen molar-refractivity contribution in [2.24, 2.45) is 0 Å². The lowest BCUT2D eigenvalue weighted by atomic mass is 9.84. The van der Waals surface area contributed by atoms with Gasteiger partial charge in [-0.05, 0) is 40.0 Å². The monoisotopic (exact) mass is 672 g/mol. The van der Waals surface area contributed by atoms with Crippen LogP contribution in [0.3, 0.4) is 0 Å². The molecule has 0 aliphatic carbocycles. The Balaban J connectivity index is 0.00000235. The number of benzene rings is 3.